The predicted octanol–water partition coefficient (Wildman–Crippen LogP) is 4.60. The van der Waals surface area contributed by atoms with E-state index in [1.54, 1.807) is 6.20 Å². The number of nitrogens with zero attached hydrogens (tertiary/aromatic N) is 2. The molecule has 6 heteroatoms. The van der Waals surface area contributed by atoms with Crippen molar-refractivity contribution in [3.05, 3.63) is 52.6 Å². The highest BCUT2D eigenvalue weighted by molar-refractivity contribution is 9.10. The molecular weight excluding hydrogens is 406 g/mol. The number of halogens is 1. The van der Waals surface area contributed by atoms with Crippen molar-refractivity contribution in [2.24, 2.45) is 5.92 Å². The lowest BCUT2D eigenvalue weighted by atomic mass is 9.93. The number of hydrogen-bond donors (Lipinski definition) is 1. The number of likely N-dealkylation sites (tertiary alicyclic amines) is 1. The summed E-state index contributed by atoms with van der Waals surface area (Å²) in [5.74, 6) is 2.01. The van der Waals surface area contributed by atoms with E-state index in [9.17, 15) is 4.79 Å². The van der Waals surface area contributed by atoms with Gasteiger partial charge in [-0.1, -0.05) is 19.1 Å². The molecule has 5 nitrogen and oxygen atoms in total. The maximum Gasteiger partial charge on any atom is 0.257 e. The number of benzene rings is 1. The maximum absolute atomic E-state index is 13.3. The molecule has 0 spiro atoms. The molecule has 1 aliphatic heterocycles. The van der Waals surface area contributed by atoms with E-state index >= 15 is 0 Å². The molecule has 1 fully saturated rings. The van der Waals surface area contributed by atoms with Gasteiger partial charge in [0.2, 0.25) is 0 Å². The lowest BCUT2D eigenvalue weighted by molar-refractivity contribution is 0.0561. The Morgan fingerprint density at radius 2 is 2.11 bits per heavy atom. The summed E-state index contributed by atoms with van der Waals surface area (Å²) in [6, 6.07) is 11.5. The number of rotatable bonds is 6. The zero-order chi connectivity index (χ0) is 19.2. The number of nitrogens with one attached hydrogen (secondary N) is 1. The number of aromatic nitrogens is 1. The van der Waals surface area contributed by atoms with E-state index in [1.165, 1.54) is 0 Å². The molecule has 0 radical (unpaired) electrons. The van der Waals surface area contributed by atoms with Crippen molar-refractivity contribution in [2.45, 2.75) is 32.7 Å². The second kappa shape index (κ2) is 9.22. The number of amides is 1. The van der Waals surface area contributed by atoms with E-state index < -0.39 is 0 Å². The van der Waals surface area contributed by atoms with Gasteiger partial charge in [0.1, 0.15) is 11.6 Å². The van der Waals surface area contributed by atoms with E-state index in [2.05, 4.69) is 33.2 Å². The summed E-state index contributed by atoms with van der Waals surface area (Å²) in [6.45, 7) is 6.13. The quantitative estimate of drug-likeness (QED) is 0.725. The van der Waals surface area contributed by atoms with Crippen molar-refractivity contribution < 1.29 is 9.53 Å². The molecule has 1 aromatic heterocycles. The van der Waals surface area contributed by atoms with Crippen LogP contribution in [0, 0.1) is 5.92 Å². The topological polar surface area (TPSA) is 54.5 Å². The number of hydrogen-bond acceptors (Lipinski definition) is 4. The van der Waals surface area contributed by atoms with Crippen LogP contribution < -0.4 is 10.1 Å². The molecule has 2 atom stereocenters. The van der Waals surface area contributed by atoms with Gasteiger partial charge in [0.15, 0.2) is 0 Å². The minimum absolute atomic E-state index is 0.0427. The molecule has 0 unspecified atom stereocenters. The molecule has 1 N–H and O–H groups in total. The molecule has 144 valence electrons. The van der Waals surface area contributed by atoms with Crippen molar-refractivity contribution >= 4 is 27.7 Å². The maximum atomic E-state index is 13.3. The first-order chi connectivity index (χ1) is 13.1. The molecule has 1 aromatic carbocycles. The Balaban J connectivity index is 1.75. The number of carbonyl (C=O) groups is 1. The average Bonchev–Trinajstić information content (AvgIpc) is 2.68. The first-order valence-corrected chi connectivity index (χ1v) is 10.3. The molecule has 27 heavy (non-hydrogen) atoms. The third kappa shape index (κ3) is 5.01. The van der Waals surface area contributed by atoms with Gasteiger partial charge >= 0.3 is 0 Å². The minimum Gasteiger partial charge on any atom is -0.493 e. The van der Waals surface area contributed by atoms with Gasteiger partial charge in [0.25, 0.3) is 5.91 Å². The van der Waals surface area contributed by atoms with Crippen LogP contribution in [0.2, 0.25) is 0 Å². The summed E-state index contributed by atoms with van der Waals surface area (Å²) < 4.78 is 6.62. The van der Waals surface area contributed by atoms with Gasteiger partial charge in [-0.3, -0.25) is 4.79 Å². The Morgan fingerprint density at radius 3 is 2.85 bits per heavy atom. The summed E-state index contributed by atoms with van der Waals surface area (Å²) in [5.41, 5.74) is 0.639. The standard InChI is InChI=1S/C21H26BrN3O2/c1-3-27-19-7-5-4-6-18(19)21(26)25-14-15(2)8-10-17(25)13-24-20-11-9-16(22)12-23-20/h4-7,9,11-12,15,17H,3,8,10,13-14H2,1-2H3,(H,23,24)/t15-,17-/m0/s1. The Hall–Kier alpha value is -2.08. The Bertz CT molecular complexity index is 766. The summed E-state index contributed by atoms with van der Waals surface area (Å²) in [7, 11) is 0. The van der Waals surface area contributed by atoms with Crippen LogP contribution in [-0.2, 0) is 0 Å². The number of pyridine rings is 1. The second-order valence-electron chi connectivity index (χ2n) is 6.97. The van der Waals surface area contributed by atoms with Crippen molar-refractivity contribution in [3.63, 3.8) is 0 Å². The molecule has 2 aromatic rings. The molecule has 2 heterocycles. The summed E-state index contributed by atoms with van der Waals surface area (Å²) in [6.07, 6.45) is 3.87. The molecule has 0 aliphatic carbocycles. The first-order valence-electron chi connectivity index (χ1n) is 9.46. The minimum atomic E-state index is 0.0427. The lowest BCUT2D eigenvalue weighted by Gasteiger charge is -2.39. The average molecular weight is 432 g/mol. The third-order valence-electron chi connectivity index (χ3n) is 4.87. The van der Waals surface area contributed by atoms with Crippen molar-refractivity contribution in [2.75, 3.05) is 25.0 Å². The summed E-state index contributed by atoms with van der Waals surface area (Å²) in [4.78, 5) is 19.7. The van der Waals surface area contributed by atoms with Crippen LogP contribution in [0.5, 0.6) is 5.75 Å². The highest BCUT2D eigenvalue weighted by Crippen LogP contribution is 2.27. The molecule has 0 bridgehead atoms. The van der Waals surface area contributed by atoms with Crippen molar-refractivity contribution in [1.29, 1.82) is 0 Å². The van der Waals surface area contributed by atoms with E-state index in [0.29, 0.717) is 30.4 Å². The van der Waals surface area contributed by atoms with Gasteiger partial charge in [-0.05, 0) is 65.9 Å². The highest BCUT2D eigenvalue weighted by atomic mass is 79.9. The van der Waals surface area contributed by atoms with Gasteiger partial charge in [0, 0.05) is 29.8 Å². The van der Waals surface area contributed by atoms with Crippen molar-refractivity contribution in [3.8, 4) is 5.75 Å². The normalized spacial score (nSPS) is 19.6. The lowest BCUT2D eigenvalue weighted by Crippen LogP contribution is -2.49. The van der Waals surface area contributed by atoms with Crippen LogP contribution in [0.4, 0.5) is 5.82 Å². The van der Waals surface area contributed by atoms with E-state index in [-0.39, 0.29) is 11.9 Å². The van der Waals surface area contributed by atoms with Crippen LogP contribution >= 0.6 is 15.9 Å². The Kier molecular flexibility index (Phi) is 6.72. The Labute approximate surface area is 169 Å². The molecular formula is C21H26BrN3O2. The van der Waals surface area contributed by atoms with E-state index in [1.807, 2.05) is 48.2 Å². The molecule has 3 rings (SSSR count). The molecule has 1 amide bonds. The van der Waals surface area contributed by atoms with Crippen LogP contribution in [0.3, 0.4) is 0 Å². The third-order valence-corrected chi connectivity index (χ3v) is 5.34. The molecule has 1 aliphatic rings. The number of ether oxygens (including phenoxy) is 1. The summed E-state index contributed by atoms with van der Waals surface area (Å²) in [5, 5.41) is 3.38. The van der Waals surface area contributed by atoms with Crippen LogP contribution in [0.1, 0.15) is 37.0 Å². The fraction of sp³-hybridized carbons (Fsp3) is 0.429. The zero-order valence-electron chi connectivity index (χ0n) is 15.8. The molecule has 0 saturated carbocycles. The van der Waals surface area contributed by atoms with Crippen LogP contribution in [0.15, 0.2) is 47.1 Å². The van der Waals surface area contributed by atoms with E-state index in [4.69, 9.17) is 4.74 Å². The van der Waals surface area contributed by atoms with Gasteiger partial charge in [-0.2, -0.15) is 0 Å². The monoisotopic (exact) mass is 431 g/mol. The molecule has 1 saturated heterocycles. The van der Waals surface area contributed by atoms with E-state index in [0.717, 1.165) is 29.7 Å². The highest BCUT2D eigenvalue weighted by Gasteiger charge is 2.31. The number of piperidine rings is 1. The first kappa shape index (κ1) is 19.7. The number of carbonyl (C=O) groups excluding carboxylic acids is 1. The predicted molar refractivity (Wildman–Crippen MR) is 111 cm³/mol. The number of anilines is 1. The van der Waals surface area contributed by atoms with Gasteiger partial charge < -0.3 is 15.0 Å². The fourth-order valence-electron chi connectivity index (χ4n) is 3.45. The van der Waals surface area contributed by atoms with Crippen LogP contribution in [-0.4, -0.2) is 41.5 Å². The Morgan fingerprint density at radius 1 is 1.30 bits per heavy atom. The van der Waals surface area contributed by atoms with Gasteiger partial charge in [0.05, 0.1) is 12.2 Å². The fourth-order valence-corrected chi connectivity index (χ4v) is 3.69. The SMILES string of the molecule is CCOc1ccccc1C(=O)N1C[C@@H](C)CC[C@H]1CNc1ccc(Br)cn1. The smallest absolute Gasteiger partial charge is 0.257 e. The zero-order valence-corrected chi connectivity index (χ0v) is 17.4. The number of para-hydroxylation sites is 1. The largest absolute Gasteiger partial charge is 0.493 e. The van der Waals surface area contributed by atoms with Gasteiger partial charge in [-0.15, -0.1) is 0 Å². The van der Waals surface area contributed by atoms with Crippen molar-refractivity contribution in [1.82, 2.24) is 9.88 Å². The van der Waals surface area contributed by atoms with Crippen LogP contribution in [0.25, 0.3) is 0 Å². The summed E-state index contributed by atoms with van der Waals surface area (Å²) >= 11 is 3.40. The van der Waals surface area contributed by atoms with Gasteiger partial charge in [-0.25, -0.2) is 4.98 Å². The second-order valence-corrected chi connectivity index (χ2v) is 7.88.